The smallest absolute Gasteiger partial charge is 0.294 e. The average molecular weight is 592 g/mol. The molecule has 0 aliphatic heterocycles. The summed E-state index contributed by atoms with van der Waals surface area (Å²) in [5, 5.41) is 6.24. The predicted octanol–water partition coefficient (Wildman–Crippen LogP) is 4.26. The van der Waals surface area contributed by atoms with Crippen LogP contribution in [0.15, 0.2) is 40.9 Å². The zero-order valence-electron chi connectivity index (χ0n) is 25.6. The first-order valence-electron chi connectivity index (χ1n) is 14.7. The maximum atomic E-state index is 13.5. The molecule has 0 atom stereocenters. The van der Waals surface area contributed by atoms with Gasteiger partial charge in [-0.05, 0) is 68.9 Å². The topological polar surface area (TPSA) is 134 Å². The second kappa shape index (κ2) is 14.3. The molecule has 1 aliphatic carbocycles. The van der Waals surface area contributed by atoms with Crippen molar-refractivity contribution in [3.63, 3.8) is 0 Å². The molecule has 0 unspecified atom stereocenters. The lowest BCUT2D eigenvalue weighted by molar-refractivity contribution is -0.135. The van der Waals surface area contributed by atoms with E-state index in [2.05, 4.69) is 15.6 Å². The van der Waals surface area contributed by atoms with E-state index in [4.69, 9.17) is 9.15 Å². The Morgan fingerprint density at radius 2 is 1.74 bits per heavy atom. The van der Waals surface area contributed by atoms with E-state index in [1.807, 2.05) is 19.9 Å². The van der Waals surface area contributed by atoms with Crippen LogP contribution in [0.25, 0.3) is 11.0 Å². The number of furan rings is 1. The van der Waals surface area contributed by atoms with Gasteiger partial charge in [-0.25, -0.2) is 4.98 Å². The molecule has 4 amide bonds. The standard InChI is InChI=1S/C32H41N5O6/c1-6-37(15-16-42-5)27(38)18-21-8-13-25-24(17-21)28(29(43-25)31(40)34-26-14-7-20(2)19-33-26)35-30(39)22-9-11-23(12-10-22)32(41)36(3)4/h7-8,13-14,17,19,22-23H,6,9-12,15-16,18H2,1-5H3,(H,35,39)(H,33,34,40)/t22-,23-. The number of hydrogen-bond donors (Lipinski definition) is 2. The van der Waals surface area contributed by atoms with Crippen molar-refractivity contribution in [2.45, 2.75) is 46.0 Å². The number of benzene rings is 1. The van der Waals surface area contributed by atoms with Crippen LogP contribution in [0.2, 0.25) is 0 Å². The molecular formula is C32H41N5O6. The van der Waals surface area contributed by atoms with Gasteiger partial charge in [0, 0.05) is 57.7 Å². The first-order valence-corrected chi connectivity index (χ1v) is 14.7. The Labute approximate surface area is 251 Å². The van der Waals surface area contributed by atoms with Gasteiger partial charge in [0.25, 0.3) is 5.91 Å². The lowest BCUT2D eigenvalue weighted by Crippen LogP contribution is -2.35. The molecule has 3 aromatic rings. The fourth-order valence-corrected chi connectivity index (χ4v) is 5.39. The monoisotopic (exact) mass is 591 g/mol. The van der Waals surface area contributed by atoms with E-state index in [0.29, 0.717) is 62.2 Å². The summed E-state index contributed by atoms with van der Waals surface area (Å²) in [7, 11) is 5.08. The van der Waals surface area contributed by atoms with Crippen LogP contribution in [0, 0.1) is 18.8 Å². The van der Waals surface area contributed by atoms with E-state index in [9.17, 15) is 19.2 Å². The van der Waals surface area contributed by atoms with Crippen LogP contribution >= 0.6 is 0 Å². The van der Waals surface area contributed by atoms with E-state index in [1.165, 1.54) is 0 Å². The number of nitrogens with one attached hydrogen (secondary N) is 2. The fourth-order valence-electron chi connectivity index (χ4n) is 5.39. The highest BCUT2D eigenvalue weighted by Crippen LogP contribution is 2.35. The predicted molar refractivity (Wildman–Crippen MR) is 164 cm³/mol. The molecule has 4 rings (SSSR count). The number of aryl methyl sites for hydroxylation is 1. The third-order valence-corrected chi connectivity index (χ3v) is 7.90. The van der Waals surface area contributed by atoms with Gasteiger partial charge in [-0.3, -0.25) is 19.2 Å². The van der Waals surface area contributed by atoms with Gasteiger partial charge in [0.2, 0.25) is 23.5 Å². The molecule has 0 saturated heterocycles. The summed E-state index contributed by atoms with van der Waals surface area (Å²) >= 11 is 0. The zero-order valence-corrected chi connectivity index (χ0v) is 25.6. The number of likely N-dealkylation sites (N-methyl/N-ethyl adjacent to an activating group) is 1. The molecule has 11 nitrogen and oxygen atoms in total. The number of carbonyl (C=O) groups excluding carboxylic acids is 4. The second-order valence-electron chi connectivity index (χ2n) is 11.2. The van der Waals surface area contributed by atoms with Crippen LogP contribution in [-0.2, 0) is 25.5 Å². The Morgan fingerprint density at radius 3 is 2.37 bits per heavy atom. The number of nitrogens with zero attached hydrogens (tertiary/aromatic N) is 3. The molecule has 2 heterocycles. The Kier molecular flexibility index (Phi) is 10.5. The third kappa shape index (κ3) is 7.78. The van der Waals surface area contributed by atoms with Gasteiger partial charge in [-0.15, -0.1) is 0 Å². The van der Waals surface area contributed by atoms with E-state index < -0.39 is 5.91 Å². The molecule has 11 heteroatoms. The van der Waals surface area contributed by atoms with Crippen molar-refractivity contribution in [3.8, 4) is 0 Å². The van der Waals surface area contributed by atoms with Crippen LogP contribution in [0.3, 0.4) is 0 Å². The Hall–Kier alpha value is -4.25. The molecule has 1 aliphatic rings. The second-order valence-corrected chi connectivity index (χ2v) is 11.2. The first-order chi connectivity index (χ1) is 20.6. The highest BCUT2D eigenvalue weighted by Gasteiger charge is 2.32. The summed E-state index contributed by atoms with van der Waals surface area (Å²) in [4.78, 5) is 59.9. The number of amides is 4. The van der Waals surface area contributed by atoms with Crippen LogP contribution in [-0.4, -0.2) is 79.3 Å². The Bertz CT molecular complexity index is 1460. The summed E-state index contributed by atoms with van der Waals surface area (Å²) in [6, 6.07) is 8.79. The first kappa shape index (κ1) is 31.7. The number of fused-ring (bicyclic) bond motifs is 1. The van der Waals surface area contributed by atoms with Crippen LogP contribution in [0.4, 0.5) is 11.5 Å². The Balaban J connectivity index is 1.61. The summed E-state index contributed by atoms with van der Waals surface area (Å²) < 4.78 is 11.1. The van der Waals surface area contributed by atoms with Crippen molar-refractivity contribution < 1.29 is 28.3 Å². The molecule has 2 aromatic heterocycles. The molecular weight excluding hydrogens is 550 g/mol. The number of hydrogen-bond acceptors (Lipinski definition) is 7. The molecule has 1 aromatic carbocycles. The summed E-state index contributed by atoms with van der Waals surface area (Å²) in [6.07, 6.45) is 4.16. The fraction of sp³-hybridized carbons (Fsp3) is 0.469. The molecule has 0 spiro atoms. The van der Waals surface area contributed by atoms with Gasteiger partial charge in [0.15, 0.2) is 0 Å². The van der Waals surface area contributed by atoms with E-state index in [1.54, 1.807) is 61.5 Å². The van der Waals surface area contributed by atoms with Crippen molar-refractivity contribution in [2.24, 2.45) is 11.8 Å². The minimum absolute atomic E-state index is 0.0547. The average Bonchev–Trinajstić information content (AvgIpc) is 3.35. The van der Waals surface area contributed by atoms with Gasteiger partial charge in [-0.1, -0.05) is 12.1 Å². The number of rotatable bonds is 11. The zero-order chi connectivity index (χ0) is 31.1. The van der Waals surface area contributed by atoms with Crippen molar-refractivity contribution in [1.29, 1.82) is 0 Å². The molecule has 0 radical (unpaired) electrons. The van der Waals surface area contributed by atoms with Crippen LogP contribution in [0.1, 0.15) is 54.3 Å². The number of ether oxygens (including phenoxy) is 1. The molecule has 1 saturated carbocycles. The third-order valence-electron chi connectivity index (χ3n) is 7.90. The summed E-state index contributed by atoms with van der Waals surface area (Å²) in [5.41, 5.74) is 2.32. The lowest BCUT2D eigenvalue weighted by Gasteiger charge is -2.28. The van der Waals surface area contributed by atoms with Gasteiger partial charge in [0.1, 0.15) is 17.1 Å². The van der Waals surface area contributed by atoms with Gasteiger partial charge < -0.3 is 29.6 Å². The molecule has 230 valence electrons. The molecule has 2 N–H and O–H groups in total. The van der Waals surface area contributed by atoms with Crippen molar-refractivity contribution >= 4 is 46.1 Å². The van der Waals surface area contributed by atoms with E-state index in [-0.39, 0.29) is 47.4 Å². The van der Waals surface area contributed by atoms with Crippen LogP contribution in [0.5, 0.6) is 0 Å². The molecule has 43 heavy (non-hydrogen) atoms. The summed E-state index contributed by atoms with van der Waals surface area (Å²) in [5.74, 6) is -0.884. The number of aromatic nitrogens is 1. The van der Waals surface area contributed by atoms with Crippen molar-refractivity contribution in [2.75, 3.05) is 51.5 Å². The van der Waals surface area contributed by atoms with Crippen LogP contribution < -0.4 is 10.6 Å². The van der Waals surface area contributed by atoms with E-state index in [0.717, 1.165) is 11.1 Å². The van der Waals surface area contributed by atoms with E-state index >= 15 is 0 Å². The molecule has 0 bridgehead atoms. The van der Waals surface area contributed by atoms with Crippen molar-refractivity contribution in [1.82, 2.24) is 14.8 Å². The SMILES string of the molecule is CCN(CCOC)C(=O)Cc1ccc2oc(C(=O)Nc3ccc(C)cn3)c(NC(=O)[C@H]3CC[C@H](C(=O)N(C)C)CC3)c2c1. The minimum Gasteiger partial charge on any atom is -0.449 e. The van der Waals surface area contributed by atoms with Gasteiger partial charge in [0.05, 0.1) is 13.0 Å². The van der Waals surface area contributed by atoms with Gasteiger partial charge >= 0.3 is 0 Å². The van der Waals surface area contributed by atoms with Gasteiger partial charge in [-0.2, -0.15) is 0 Å². The number of anilines is 2. The normalized spacial score (nSPS) is 16.5. The lowest BCUT2D eigenvalue weighted by atomic mass is 9.81. The molecule has 1 fully saturated rings. The number of methoxy groups -OCH3 is 1. The number of carbonyl (C=O) groups is 4. The highest BCUT2D eigenvalue weighted by atomic mass is 16.5. The largest absolute Gasteiger partial charge is 0.449 e. The van der Waals surface area contributed by atoms with Crippen molar-refractivity contribution in [3.05, 3.63) is 53.4 Å². The highest BCUT2D eigenvalue weighted by molar-refractivity contribution is 6.14. The Morgan fingerprint density at radius 1 is 1.02 bits per heavy atom. The number of pyridine rings is 1. The minimum atomic E-state index is -0.558. The quantitative estimate of drug-likeness (QED) is 0.340. The maximum absolute atomic E-state index is 13.5. The summed E-state index contributed by atoms with van der Waals surface area (Å²) in [6.45, 7) is 5.29. The maximum Gasteiger partial charge on any atom is 0.294 e.